The minimum Gasteiger partial charge on any atom is -0.337 e. The molecular weight excluding hydrogens is 92.1 g/mol. The van der Waals surface area contributed by atoms with Gasteiger partial charge in [0.2, 0.25) is 0 Å². The standard InChI is InChI=1S/C4H10N2O/c1-2-6-4-3(5)7-4/h3-4,6H,2,5H2,1H3. The molecule has 7 heavy (non-hydrogen) atoms. The minimum absolute atomic E-state index is 0.0417. The zero-order valence-electron chi connectivity index (χ0n) is 4.35. The summed E-state index contributed by atoms with van der Waals surface area (Å²) in [7, 11) is 0. The molecule has 1 rings (SSSR count). The average Bonchev–Trinajstić information content (AvgIpc) is 2.22. The van der Waals surface area contributed by atoms with Crippen LogP contribution in [0.1, 0.15) is 6.92 Å². The van der Waals surface area contributed by atoms with E-state index in [4.69, 9.17) is 10.5 Å². The first-order valence-electron chi connectivity index (χ1n) is 2.49. The Morgan fingerprint density at radius 1 is 1.86 bits per heavy atom. The molecule has 0 aromatic rings. The second kappa shape index (κ2) is 1.78. The van der Waals surface area contributed by atoms with E-state index in [2.05, 4.69) is 5.32 Å². The Labute approximate surface area is 42.8 Å². The van der Waals surface area contributed by atoms with Crippen LogP contribution in [0.5, 0.6) is 0 Å². The van der Waals surface area contributed by atoms with Crippen molar-refractivity contribution in [1.29, 1.82) is 0 Å². The molecule has 0 aromatic heterocycles. The van der Waals surface area contributed by atoms with Gasteiger partial charge in [-0.25, -0.2) is 0 Å². The Bertz CT molecular complexity index is 66.7. The number of rotatable bonds is 2. The Morgan fingerprint density at radius 2 is 2.43 bits per heavy atom. The van der Waals surface area contributed by atoms with Crippen LogP contribution >= 0.6 is 0 Å². The quantitative estimate of drug-likeness (QED) is 0.450. The normalized spacial score (nSPS) is 38.6. The van der Waals surface area contributed by atoms with Crippen LogP contribution in [0.2, 0.25) is 0 Å². The number of nitrogens with two attached hydrogens (primary N) is 1. The van der Waals surface area contributed by atoms with Gasteiger partial charge in [-0.1, -0.05) is 6.92 Å². The fourth-order valence-electron chi connectivity index (χ4n) is 0.489. The van der Waals surface area contributed by atoms with Crippen molar-refractivity contribution in [3.8, 4) is 0 Å². The molecule has 1 fully saturated rings. The molecule has 3 nitrogen and oxygen atoms in total. The van der Waals surface area contributed by atoms with Crippen LogP contribution in [0, 0.1) is 0 Å². The van der Waals surface area contributed by atoms with Crippen LogP contribution in [0.15, 0.2) is 0 Å². The van der Waals surface area contributed by atoms with Crippen LogP contribution < -0.4 is 11.1 Å². The number of likely N-dealkylation sites (N-methyl/N-ethyl adjacent to an activating group) is 1. The molecular formula is C4H10N2O. The van der Waals surface area contributed by atoms with Gasteiger partial charge in [0.05, 0.1) is 0 Å². The summed E-state index contributed by atoms with van der Waals surface area (Å²) in [6, 6.07) is 0. The first kappa shape index (κ1) is 5.03. The minimum atomic E-state index is -0.0417. The first-order chi connectivity index (χ1) is 3.34. The van der Waals surface area contributed by atoms with E-state index >= 15 is 0 Å². The van der Waals surface area contributed by atoms with Gasteiger partial charge in [-0.2, -0.15) is 0 Å². The summed E-state index contributed by atoms with van der Waals surface area (Å²) in [4.78, 5) is 0. The Kier molecular flexibility index (Phi) is 1.27. The smallest absolute Gasteiger partial charge is 0.150 e. The summed E-state index contributed by atoms with van der Waals surface area (Å²) in [6.07, 6.45) is 0.102. The summed E-state index contributed by atoms with van der Waals surface area (Å²) in [5.41, 5.74) is 5.27. The molecule has 3 heteroatoms. The molecule has 0 aliphatic carbocycles. The Balaban J connectivity index is 1.98. The molecule has 0 saturated carbocycles. The second-order valence-corrected chi connectivity index (χ2v) is 1.58. The molecule has 0 bridgehead atoms. The summed E-state index contributed by atoms with van der Waals surface area (Å²) >= 11 is 0. The fourth-order valence-corrected chi connectivity index (χ4v) is 0.489. The summed E-state index contributed by atoms with van der Waals surface area (Å²) in [5, 5.41) is 3.02. The highest BCUT2D eigenvalue weighted by atomic mass is 16.6. The van der Waals surface area contributed by atoms with Crippen LogP contribution in [-0.2, 0) is 4.74 Å². The maximum atomic E-state index is 5.27. The van der Waals surface area contributed by atoms with Gasteiger partial charge in [-0.15, -0.1) is 0 Å². The highest BCUT2D eigenvalue weighted by Crippen LogP contribution is 2.10. The number of epoxide rings is 1. The van der Waals surface area contributed by atoms with Crippen molar-refractivity contribution < 1.29 is 4.74 Å². The van der Waals surface area contributed by atoms with Gasteiger partial charge in [-0.05, 0) is 6.54 Å². The van der Waals surface area contributed by atoms with Crippen LogP contribution in [0.25, 0.3) is 0 Å². The number of hydrogen-bond donors (Lipinski definition) is 2. The highest BCUT2D eigenvalue weighted by Gasteiger charge is 2.33. The summed E-state index contributed by atoms with van der Waals surface area (Å²) in [6.45, 7) is 2.95. The molecule has 0 spiro atoms. The largest absolute Gasteiger partial charge is 0.337 e. The lowest BCUT2D eigenvalue weighted by Gasteiger charge is -1.87. The number of hydrogen-bond acceptors (Lipinski definition) is 3. The average molecular weight is 102 g/mol. The zero-order valence-corrected chi connectivity index (χ0v) is 4.35. The van der Waals surface area contributed by atoms with E-state index in [1.54, 1.807) is 0 Å². The topological polar surface area (TPSA) is 50.6 Å². The van der Waals surface area contributed by atoms with Gasteiger partial charge in [0.1, 0.15) is 12.5 Å². The van der Waals surface area contributed by atoms with Gasteiger partial charge in [0.25, 0.3) is 0 Å². The van der Waals surface area contributed by atoms with Crippen LogP contribution in [0.3, 0.4) is 0 Å². The third-order valence-corrected chi connectivity index (χ3v) is 0.931. The van der Waals surface area contributed by atoms with Gasteiger partial charge < -0.3 is 10.5 Å². The van der Waals surface area contributed by atoms with Gasteiger partial charge in [-0.3, -0.25) is 5.32 Å². The molecule has 2 atom stereocenters. The number of ether oxygens (including phenoxy) is 1. The summed E-state index contributed by atoms with van der Waals surface area (Å²) in [5.74, 6) is 0. The summed E-state index contributed by atoms with van der Waals surface area (Å²) < 4.78 is 4.82. The lowest BCUT2D eigenvalue weighted by Crippen LogP contribution is -2.21. The maximum Gasteiger partial charge on any atom is 0.150 e. The van der Waals surface area contributed by atoms with E-state index in [1.807, 2.05) is 6.92 Å². The first-order valence-corrected chi connectivity index (χ1v) is 2.49. The van der Waals surface area contributed by atoms with Crippen LogP contribution in [0.4, 0.5) is 0 Å². The fraction of sp³-hybridized carbons (Fsp3) is 1.00. The lowest BCUT2D eigenvalue weighted by molar-refractivity contribution is 0.350. The third kappa shape index (κ3) is 1.12. The number of nitrogens with one attached hydrogen (secondary N) is 1. The molecule has 1 saturated heterocycles. The van der Waals surface area contributed by atoms with Crippen LogP contribution in [-0.4, -0.2) is 19.0 Å². The molecule has 2 unspecified atom stereocenters. The molecule has 1 aliphatic heterocycles. The van der Waals surface area contributed by atoms with Gasteiger partial charge in [0.15, 0.2) is 0 Å². The van der Waals surface area contributed by atoms with Crippen molar-refractivity contribution in [3.63, 3.8) is 0 Å². The molecule has 42 valence electrons. The Hall–Kier alpha value is -0.120. The van der Waals surface area contributed by atoms with Crippen molar-refractivity contribution in [3.05, 3.63) is 0 Å². The maximum absolute atomic E-state index is 5.27. The molecule has 3 N–H and O–H groups in total. The third-order valence-electron chi connectivity index (χ3n) is 0.931. The van der Waals surface area contributed by atoms with Gasteiger partial charge >= 0.3 is 0 Å². The van der Waals surface area contributed by atoms with E-state index in [0.29, 0.717) is 0 Å². The van der Waals surface area contributed by atoms with E-state index < -0.39 is 0 Å². The lowest BCUT2D eigenvalue weighted by atomic mass is 10.6. The molecule has 0 radical (unpaired) electrons. The van der Waals surface area contributed by atoms with Crippen molar-refractivity contribution in [2.24, 2.45) is 5.73 Å². The highest BCUT2D eigenvalue weighted by molar-refractivity contribution is 4.74. The monoisotopic (exact) mass is 102 g/mol. The molecule has 1 aliphatic rings. The van der Waals surface area contributed by atoms with Crippen molar-refractivity contribution >= 4 is 0 Å². The van der Waals surface area contributed by atoms with Crippen molar-refractivity contribution in [1.82, 2.24) is 5.32 Å². The van der Waals surface area contributed by atoms with E-state index in [1.165, 1.54) is 0 Å². The Morgan fingerprint density at radius 3 is 2.57 bits per heavy atom. The van der Waals surface area contributed by atoms with Crippen molar-refractivity contribution in [2.45, 2.75) is 19.4 Å². The SMILES string of the molecule is CCNC1OC1N. The molecule has 0 aromatic carbocycles. The molecule has 0 amide bonds. The zero-order chi connectivity index (χ0) is 5.28. The van der Waals surface area contributed by atoms with E-state index in [-0.39, 0.29) is 12.5 Å². The molecule has 1 heterocycles. The van der Waals surface area contributed by atoms with E-state index in [0.717, 1.165) is 6.54 Å². The predicted molar refractivity (Wildman–Crippen MR) is 26.5 cm³/mol. The van der Waals surface area contributed by atoms with Gasteiger partial charge in [0, 0.05) is 0 Å². The predicted octanol–water partition coefficient (Wildman–Crippen LogP) is -0.763. The van der Waals surface area contributed by atoms with E-state index in [9.17, 15) is 0 Å². The van der Waals surface area contributed by atoms with Crippen molar-refractivity contribution in [2.75, 3.05) is 6.54 Å². The second-order valence-electron chi connectivity index (χ2n) is 1.58.